The number of esters is 3. The van der Waals surface area contributed by atoms with Gasteiger partial charge in [-0.2, -0.15) is 12.6 Å². The van der Waals surface area contributed by atoms with Crippen LogP contribution >= 0.6 is 35.3 Å². The van der Waals surface area contributed by atoms with E-state index in [0.717, 1.165) is 26.2 Å². The third-order valence-electron chi connectivity index (χ3n) is 6.84. The molecule has 312 valence electrons. The van der Waals surface area contributed by atoms with Gasteiger partial charge in [-0.25, -0.2) is 14.0 Å². The van der Waals surface area contributed by atoms with E-state index in [0.29, 0.717) is 44.8 Å². The van der Waals surface area contributed by atoms with E-state index in [9.17, 15) is 23.6 Å². The first kappa shape index (κ1) is 58.5. The average Bonchev–Trinajstić information content (AvgIpc) is 3.88. The first-order chi connectivity index (χ1) is 27.3. The Labute approximate surface area is 439 Å². The molecule has 2 aromatic heterocycles. The molecule has 22 heteroatoms. The molecule has 0 aliphatic heterocycles. The number of benzene rings is 3. The normalized spacial score (nSPS) is 9.15. The third kappa shape index (κ3) is 18.5. The van der Waals surface area contributed by atoms with Gasteiger partial charge in [0.2, 0.25) is 0 Å². The maximum atomic E-state index is 13.0. The van der Waals surface area contributed by atoms with Crippen molar-refractivity contribution in [1.29, 1.82) is 0 Å². The number of aldehydes is 1. The van der Waals surface area contributed by atoms with Crippen LogP contribution in [0.3, 0.4) is 0 Å². The van der Waals surface area contributed by atoms with Crippen molar-refractivity contribution in [3.8, 4) is 34.5 Å². The molecule has 0 saturated carbocycles. The number of thiol groups is 1. The molecule has 0 spiro atoms. The quantitative estimate of drug-likeness (QED) is 0.0344. The number of rotatable bonds is 11. The molecular formula is C37H41FK2O16S3. The van der Waals surface area contributed by atoms with Gasteiger partial charge in [0.25, 0.3) is 6.47 Å². The molecule has 0 radical (unpaired) electrons. The fraction of sp³-hybridized carbons (Fsp3) is 0.270. The van der Waals surface area contributed by atoms with Gasteiger partial charge in [-0.15, -0.1) is 22.7 Å². The molecular weight excluding hydrogens is 894 g/mol. The van der Waals surface area contributed by atoms with Crippen molar-refractivity contribution in [2.24, 2.45) is 0 Å². The van der Waals surface area contributed by atoms with Gasteiger partial charge in [-0.1, -0.05) is 0 Å². The number of ether oxygens (including phenoxy) is 9. The molecule has 3 aromatic carbocycles. The fourth-order valence-electron chi connectivity index (χ4n) is 4.16. The SMILES string of the molecule is COC(=O)CS.COC(=O)c1cc2cc(OC)c(OC)cc2s1.COC(=O)c1cc2cc(OC)c(OC)cc2s1.COc1cc(F)c(C=O)cc1OC.O=CO[O-].[H-].[K+].[K+]. The molecule has 0 unspecified atom stereocenters. The van der Waals surface area contributed by atoms with E-state index < -0.39 is 5.82 Å². The molecule has 5 aromatic rings. The maximum Gasteiger partial charge on any atom is 1.00 e. The zero-order chi connectivity index (χ0) is 43.1. The summed E-state index contributed by atoms with van der Waals surface area (Å²) in [6, 6.07) is 13.4. The van der Waals surface area contributed by atoms with E-state index in [1.165, 1.54) is 64.3 Å². The van der Waals surface area contributed by atoms with Gasteiger partial charge < -0.3 is 54.2 Å². The molecule has 0 bridgehead atoms. The summed E-state index contributed by atoms with van der Waals surface area (Å²) in [4.78, 5) is 55.5. The van der Waals surface area contributed by atoms with Crippen molar-refractivity contribution >= 4 is 86.1 Å². The van der Waals surface area contributed by atoms with E-state index >= 15 is 0 Å². The van der Waals surface area contributed by atoms with E-state index in [2.05, 4.69) is 31.7 Å². The summed E-state index contributed by atoms with van der Waals surface area (Å²) in [5, 5.41) is 10.3. The van der Waals surface area contributed by atoms with Crippen LogP contribution in [0.1, 0.15) is 31.1 Å². The molecule has 16 nitrogen and oxygen atoms in total. The minimum atomic E-state index is -0.618. The van der Waals surface area contributed by atoms with Crippen molar-refractivity contribution < 1.29 is 185 Å². The molecule has 0 N–H and O–H groups in total. The van der Waals surface area contributed by atoms with Gasteiger partial charge in [0.15, 0.2) is 40.8 Å². The Hall–Kier alpha value is -2.56. The monoisotopic (exact) mass is 934 g/mol. The Balaban J connectivity index is -0.000000718. The third-order valence-corrected chi connectivity index (χ3v) is 9.26. The van der Waals surface area contributed by atoms with Gasteiger partial charge in [0, 0.05) is 27.6 Å². The van der Waals surface area contributed by atoms with Crippen molar-refractivity contribution in [2.45, 2.75) is 0 Å². The van der Waals surface area contributed by atoms with E-state index in [1.54, 1.807) is 40.6 Å². The van der Waals surface area contributed by atoms with Gasteiger partial charge in [-0.05, 0) is 41.1 Å². The van der Waals surface area contributed by atoms with Crippen LogP contribution in [0.15, 0.2) is 48.5 Å². The number of methoxy groups -OCH3 is 9. The Morgan fingerprint density at radius 3 is 1.22 bits per heavy atom. The standard InChI is InChI=1S/2C12H12O4S.C9H9FO3.C3H6O2S.CH2O3.2K.H/c2*1-14-8-4-7-5-11(12(13)16-3)17-10(7)6-9(8)15-2;1-12-8-3-6(5-11)7(10)4-9(8)13-2;1-5-3(4)2-6;2-1-4-3;;;/h2*4-6H,1-3H3;3-5H,1-2H3;6H,2H2,1H3;1,3H;;;/q;;;;;2*+1;-1/p-1. The summed E-state index contributed by atoms with van der Waals surface area (Å²) in [7, 11) is 13.2. The summed E-state index contributed by atoms with van der Waals surface area (Å²) >= 11 is 6.36. The molecule has 0 fully saturated rings. The molecule has 5 rings (SSSR count). The minimum Gasteiger partial charge on any atom is -1.00 e. The fourth-order valence-corrected chi connectivity index (χ4v) is 6.27. The second-order valence-electron chi connectivity index (χ2n) is 9.97. The number of carbonyl (C=O) groups excluding carboxylic acids is 5. The van der Waals surface area contributed by atoms with Crippen LogP contribution in [0.2, 0.25) is 0 Å². The average molecular weight is 935 g/mol. The number of thiophene rings is 2. The van der Waals surface area contributed by atoms with Crippen LogP contribution in [-0.4, -0.2) is 100 Å². The molecule has 0 aliphatic rings. The van der Waals surface area contributed by atoms with Crippen LogP contribution in [0, 0.1) is 5.82 Å². The second-order valence-corrected chi connectivity index (χ2v) is 12.5. The number of hydrogen-bond acceptors (Lipinski definition) is 19. The summed E-state index contributed by atoms with van der Waals surface area (Å²) in [5.41, 5.74) is -0.0438. The molecule has 0 saturated heterocycles. The van der Waals surface area contributed by atoms with Crippen LogP contribution in [0.25, 0.3) is 20.2 Å². The summed E-state index contributed by atoms with van der Waals surface area (Å²) in [6.07, 6.45) is 0.428. The Morgan fingerprint density at radius 2 is 0.949 bits per heavy atom. The summed E-state index contributed by atoms with van der Waals surface area (Å²) in [6.45, 7) is -0.181. The number of hydrogen-bond donors (Lipinski definition) is 1. The maximum absolute atomic E-state index is 13.0. The van der Waals surface area contributed by atoms with Gasteiger partial charge >= 0.3 is 121 Å². The first-order valence-corrected chi connectivity index (χ1v) is 17.8. The summed E-state index contributed by atoms with van der Waals surface area (Å²) in [5.74, 6) is 1.80. The number of fused-ring (bicyclic) bond motifs is 2. The molecule has 0 aliphatic carbocycles. The smallest absolute Gasteiger partial charge is 1.00 e. The van der Waals surface area contributed by atoms with Crippen LogP contribution in [-0.2, 0) is 28.7 Å². The van der Waals surface area contributed by atoms with Gasteiger partial charge in [-0.3, -0.25) is 14.4 Å². The van der Waals surface area contributed by atoms with Gasteiger partial charge in [0.1, 0.15) is 15.6 Å². The summed E-state index contributed by atoms with van der Waals surface area (Å²) < 4.78 is 59.0. The van der Waals surface area contributed by atoms with Crippen LogP contribution in [0.5, 0.6) is 34.5 Å². The number of carbonyl (C=O) groups is 5. The largest absolute Gasteiger partial charge is 1.00 e. The van der Waals surface area contributed by atoms with Gasteiger partial charge in [0.05, 0.1) is 75.3 Å². The molecule has 59 heavy (non-hydrogen) atoms. The van der Waals surface area contributed by atoms with E-state index in [-0.39, 0.29) is 146 Å². The van der Waals surface area contributed by atoms with E-state index in [1.807, 2.05) is 24.3 Å². The van der Waals surface area contributed by atoms with Crippen molar-refractivity contribution in [2.75, 3.05) is 69.7 Å². The number of halogens is 1. The Bertz CT molecular complexity index is 1910. The minimum absolute atomic E-state index is 0. The Kier molecular flexibility index (Phi) is 31.9. The Morgan fingerprint density at radius 1 is 0.610 bits per heavy atom. The van der Waals surface area contributed by atoms with Crippen LogP contribution < -0.4 is 136 Å². The van der Waals surface area contributed by atoms with Crippen molar-refractivity contribution in [3.05, 3.63) is 69.7 Å². The second kappa shape index (κ2) is 32.2. The van der Waals surface area contributed by atoms with Crippen LogP contribution in [0.4, 0.5) is 4.39 Å². The predicted octanol–water partition coefficient (Wildman–Crippen LogP) is -0.290. The zero-order valence-electron chi connectivity index (χ0n) is 35.2. The molecule has 0 atom stereocenters. The molecule has 2 heterocycles. The van der Waals surface area contributed by atoms with E-state index in [4.69, 9.17) is 38.5 Å². The zero-order valence-corrected chi connectivity index (χ0v) is 42.9. The van der Waals surface area contributed by atoms with Crippen molar-refractivity contribution in [1.82, 2.24) is 0 Å². The molecule has 0 amide bonds. The van der Waals surface area contributed by atoms with Crippen molar-refractivity contribution in [3.63, 3.8) is 0 Å². The predicted molar refractivity (Wildman–Crippen MR) is 212 cm³/mol. The first-order valence-electron chi connectivity index (χ1n) is 15.6. The topological polar surface area (TPSA) is 201 Å².